The second kappa shape index (κ2) is 13.5. The molecule has 0 heterocycles. The van der Waals surface area contributed by atoms with Crippen LogP contribution >= 0.6 is 11.6 Å². The van der Waals surface area contributed by atoms with Crippen LogP contribution in [0.25, 0.3) is 0 Å². The molecule has 2 aromatic rings. The van der Waals surface area contributed by atoms with Crippen molar-refractivity contribution < 1.29 is 22.7 Å². The smallest absolute Gasteiger partial charge is 0.242 e. The monoisotopic (exact) mass is 537 g/mol. The van der Waals surface area contributed by atoms with Gasteiger partial charge in [0, 0.05) is 30.6 Å². The summed E-state index contributed by atoms with van der Waals surface area (Å²) in [4.78, 5) is 27.7. The maximum atomic E-state index is 13.3. The summed E-state index contributed by atoms with van der Waals surface area (Å²) in [7, 11) is -2.03. The second-order valence-corrected chi connectivity index (χ2v) is 11.1. The van der Waals surface area contributed by atoms with Crippen LogP contribution in [-0.4, -0.2) is 57.1 Å². The molecule has 0 aliphatic heterocycles. The molecule has 2 atom stereocenters. The Bertz CT molecular complexity index is 1120. The molecule has 0 spiro atoms. The maximum Gasteiger partial charge on any atom is 0.242 e. The first-order valence-corrected chi connectivity index (χ1v) is 14.2. The molecule has 2 amide bonds. The summed E-state index contributed by atoms with van der Waals surface area (Å²) in [5.74, 6) is 0.105. The van der Waals surface area contributed by atoms with Crippen LogP contribution in [0.15, 0.2) is 48.5 Å². The Kier molecular flexibility index (Phi) is 11.0. The average Bonchev–Trinajstić information content (AvgIpc) is 2.84. The van der Waals surface area contributed by atoms with Gasteiger partial charge in [0.1, 0.15) is 11.8 Å². The molecule has 0 unspecified atom stereocenters. The van der Waals surface area contributed by atoms with E-state index < -0.39 is 16.1 Å². The number of methoxy groups -OCH3 is 1. The molecule has 10 heteroatoms. The lowest BCUT2D eigenvalue weighted by Gasteiger charge is -2.30. The normalized spacial score (nSPS) is 12.9. The first kappa shape index (κ1) is 29.5. The summed E-state index contributed by atoms with van der Waals surface area (Å²) >= 11 is 6.33. The van der Waals surface area contributed by atoms with Gasteiger partial charge in [-0.1, -0.05) is 36.7 Å². The van der Waals surface area contributed by atoms with E-state index >= 15 is 0 Å². The molecule has 0 aliphatic rings. The molecule has 0 bridgehead atoms. The van der Waals surface area contributed by atoms with Crippen LogP contribution in [0.1, 0.15) is 45.6 Å². The number of anilines is 1. The minimum atomic E-state index is -3.57. The van der Waals surface area contributed by atoms with Gasteiger partial charge in [0.05, 0.1) is 19.1 Å². The molecule has 1 N–H and O–H groups in total. The standard InChI is InChI=1S/C26H36ClN3O5S/c1-6-19(2)28-26(32)20(3)29(18-21-10-7-8-11-24(21)27)25(31)12-9-17-30(36(5,33)34)22-13-15-23(35-4)16-14-22/h7-8,10-11,13-16,19-20H,6,9,12,17-18H2,1-5H3,(H,28,32)/t19-,20+/m1/s1. The van der Waals surface area contributed by atoms with Gasteiger partial charge >= 0.3 is 0 Å². The van der Waals surface area contributed by atoms with Crippen LogP contribution < -0.4 is 14.4 Å². The number of hydrogen-bond acceptors (Lipinski definition) is 5. The van der Waals surface area contributed by atoms with Crippen molar-refractivity contribution in [2.75, 3.05) is 24.2 Å². The van der Waals surface area contributed by atoms with Gasteiger partial charge in [0.25, 0.3) is 0 Å². The molecular formula is C26H36ClN3O5S. The van der Waals surface area contributed by atoms with E-state index in [1.165, 1.54) is 16.3 Å². The zero-order valence-corrected chi connectivity index (χ0v) is 23.1. The highest BCUT2D eigenvalue weighted by atomic mass is 35.5. The van der Waals surface area contributed by atoms with Crippen molar-refractivity contribution in [3.05, 3.63) is 59.1 Å². The van der Waals surface area contributed by atoms with Gasteiger partial charge < -0.3 is 15.0 Å². The number of carbonyl (C=O) groups is 2. The fourth-order valence-corrected chi connectivity index (χ4v) is 4.77. The molecule has 198 valence electrons. The number of sulfonamides is 1. The van der Waals surface area contributed by atoms with Crippen LogP contribution in [0.4, 0.5) is 5.69 Å². The van der Waals surface area contributed by atoms with Gasteiger partial charge in [0.2, 0.25) is 21.8 Å². The predicted octanol–water partition coefficient (Wildman–Crippen LogP) is 4.23. The molecule has 8 nitrogen and oxygen atoms in total. The highest BCUT2D eigenvalue weighted by molar-refractivity contribution is 7.92. The van der Waals surface area contributed by atoms with Gasteiger partial charge in [-0.15, -0.1) is 0 Å². The number of halogens is 1. The van der Waals surface area contributed by atoms with Gasteiger partial charge in [-0.2, -0.15) is 0 Å². The quantitative estimate of drug-likeness (QED) is 0.412. The van der Waals surface area contributed by atoms with E-state index in [1.54, 1.807) is 43.3 Å². The van der Waals surface area contributed by atoms with E-state index in [2.05, 4.69) is 5.32 Å². The molecule has 2 aromatic carbocycles. The van der Waals surface area contributed by atoms with E-state index in [-0.39, 0.29) is 43.8 Å². The van der Waals surface area contributed by atoms with Crippen molar-refractivity contribution in [2.45, 2.75) is 58.7 Å². The van der Waals surface area contributed by atoms with Crippen LogP contribution in [0.5, 0.6) is 5.75 Å². The number of carbonyl (C=O) groups excluding carboxylic acids is 2. The second-order valence-electron chi connectivity index (χ2n) is 8.74. The summed E-state index contributed by atoms with van der Waals surface area (Å²) < 4.78 is 31.3. The van der Waals surface area contributed by atoms with Crippen LogP contribution in [0.2, 0.25) is 5.02 Å². The molecule has 0 fully saturated rings. The third kappa shape index (κ3) is 8.41. The number of amides is 2. The lowest BCUT2D eigenvalue weighted by Crippen LogP contribution is -2.49. The Labute approximate surface area is 219 Å². The molecular weight excluding hydrogens is 502 g/mol. The van der Waals surface area contributed by atoms with Crippen molar-refractivity contribution in [1.82, 2.24) is 10.2 Å². The number of rotatable bonds is 13. The van der Waals surface area contributed by atoms with E-state index in [0.29, 0.717) is 16.5 Å². The number of ether oxygens (including phenoxy) is 1. The van der Waals surface area contributed by atoms with E-state index in [1.807, 2.05) is 26.0 Å². The number of benzene rings is 2. The predicted molar refractivity (Wildman–Crippen MR) is 144 cm³/mol. The first-order chi connectivity index (χ1) is 17.0. The van der Waals surface area contributed by atoms with E-state index in [0.717, 1.165) is 18.2 Å². The third-order valence-corrected chi connectivity index (χ3v) is 7.54. The van der Waals surface area contributed by atoms with Crippen LogP contribution in [-0.2, 0) is 26.2 Å². The van der Waals surface area contributed by atoms with Gasteiger partial charge in [-0.3, -0.25) is 13.9 Å². The van der Waals surface area contributed by atoms with Crippen LogP contribution in [0, 0.1) is 0 Å². The zero-order valence-electron chi connectivity index (χ0n) is 21.5. The Balaban J connectivity index is 2.18. The highest BCUT2D eigenvalue weighted by Crippen LogP contribution is 2.23. The minimum absolute atomic E-state index is 0.0231. The van der Waals surface area contributed by atoms with Crippen molar-refractivity contribution >= 4 is 39.1 Å². The third-order valence-electron chi connectivity index (χ3n) is 5.98. The van der Waals surface area contributed by atoms with E-state index in [4.69, 9.17) is 16.3 Å². The van der Waals surface area contributed by atoms with E-state index in [9.17, 15) is 18.0 Å². The summed E-state index contributed by atoms with van der Waals surface area (Å²) in [6, 6.07) is 13.1. The fourth-order valence-electron chi connectivity index (χ4n) is 3.61. The lowest BCUT2D eigenvalue weighted by atomic mass is 10.1. The zero-order chi connectivity index (χ0) is 26.9. The fraction of sp³-hybridized carbons (Fsp3) is 0.462. The summed E-state index contributed by atoms with van der Waals surface area (Å²) in [6.45, 7) is 5.85. The molecule has 0 aliphatic carbocycles. The largest absolute Gasteiger partial charge is 0.497 e. The molecule has 0 radical (unpaired) electrons. The Morgan fingerprint density at radius 3 is 2.28 bits per heavy atom. The van der Waals surface area contributed by atoms with Gasteiger partial charge in [-0.05, 0) is 62.6 Å². The SMILES string of the molecule is CC[C@@H](C)NC(=O)[C@H](C)N(Cc1ccccc1Cl)C(=O)CCCN(c1ccc(OC)cc1)S(C)(=O)=O. The maximum absolute atomic E-state index is 13.3. The number of hydrogen-bond donors (Lipinski definition) is 1. The average molecular weight is 538 g/mol. The Morgan fingerprint density at radius 2 is 1.72 bits per heavy atom. The van der Waals surface area contributed by atoms with Crippen molar-refractivity contribution in [1.29, 1.82) is 0 Å². The van der Waals surface area contributed by atoms with Crippen molar-refractivity contribution in [3.8, 4) is 5.75 Å². The molecule has 0 aromatic heterocycles. The minimum Gasteiger partial charge on any atom is -0.497 e. The highest BCUT2D eigenvalue weighted by Gasteiger charge is 2.27. The Hall–Kier alpha value is -2.78. The molecule has 0 saturated carbocycles. The summed E-state index contributed by atoms with van der Waals surface area (Å²) in [5, 5.41) is 3.43. The van der Waals surface area contributed by atoms with Gasteiger partial charge in [-0.25, -0.2) is 8.42 Å². The number of nitrogens with zero attached hydrogens (tertiary/aromatic N) is 2. The first-order valence-electron chi connectivity index (χ1n) is 11.9. The molecule has 2 rings (SSSR count). The molecule has 0 saturated heterocycles. The topological polar surface area (TPSA) is 96.0 Å². The van der Waals surface area contributed by atoms with Crippen molar-refractivity contribution in [3.63, 3.8) is 0 Å². The van der Waals surface area contributed by atoms with Gasteiger partial charge in [0.15, 0.2) is 0 Å². The molecule has 36 heavy (non-hydrogen) atoms. The summed E-state index contributed by atoms with van der Waals surface area (Å²) in [6.07, 6.45) is 2.23. The number of nitrogens with one attached hydrogen (secondary N) is 1. The van der Waals surface area contributed by atoms with Crippen LogP contribution in [0.3, 0.4) is 0 Å². The Morgan fingerprint density at radius 1 is 1.08 bits per heavy atom. The lowest BCUT2D eigenvalue weighted by molar-refractivity contribution is -0.140. The summed E-state index contributed by atoms with van der Waals surface area (Å²) in [5.41, 5.74) is 1.21. The van der Waals surface area contributed by atoms with Crippen molar-refractivity contribution in [2.24, 2.45) is 0 Å².